The minimum Gasteiger partial charge on any atom is -0.496 e. The van der Waals surface area contributed by atoms with Crippen molar-refractivity contribution in [2.45, 2.75) is 33.1 Å². The van der Waals surface area contributed by atoms with Crippen molar-refractivity contribution in [3.8, 4) is 5.75 Å². The maximum Gasteiger partial charge on any atom is 0.320 e. The Hall–Kier alpha value is -2.24. The molecule has 1 aromatic carbocycles. The Labute approximate surface area is 156 Å². The monoisotopic (exact) mass is 361 g/mol. The number of urea groups is 1. The zero-order chi connectivity index (χ0) is 18.9. The lowest BCUT2D eigenvalue weighted by Gasteiger charge is -2.35. The lowest BCUT2D eigenvalue weighted by atomic mass is 9.97. The second kappa shape index (κ2) is 10.0. The maximum atomic E-state index is 12.5. The van der Waals surface area contributed by atoms with Crippen LogP contribution >= 0.6 is 0 Å². The van der Waals surface area contributed by atoms with Gasteiger partial charge in [-0.05, 0) is 44.7 Å². The average molecular weight is 361 g/mol. The van der Waals surface area contributed by atoms with Crippen molar-refractivity contribution >= 4 is 11.9 Å². The average Bonchev–Trinajstić information content (AvgIpc) is 2.69. The van der Waals surface area contributed by atoms with E-state index in [1.807, 2.05) is 47.9 Å². The first-order valence-corrected chi connectivity index (χ1v) is 9.54. The SMILES string of the molecule is CCN(CC)C(=O)N1CCCC(C(=O)NCCc2ccccc2OC)C1. The van der Waals surface area contributed by atoms with Gasteiger partial charge < -0.3 is 19.9 Å². The molecule has 2 rings (SSSR count). The molecule has 6 nitrogen and oxygen atoms in total. The van der Waals surface area contributed by atoms with Gasteiger partial charge in [0, 0.05) is 32.7 Å². The van der Waals surface area contributed by atoms with E-state index in [4.69, 9.17) is 4.74 Å². The van der Waals surface area contributed by atoms with E-state index in [1.54, 1.807) is 7.11 Å². The molecule has 0 saturated carbocycles. The van der Waals surface area contributed by atoms with Crippen molar-refractivity contribution in [3.05, 3.63) is 29.8 Å². The summed E-state index contributed by atoms with van der Waals surface area (Å²) in [6.07, 6.45) is 2.44. The van der Waals surface area contributed by atoms with Gasteiger partial charge in [0.1, 0.15) is 5.75 Å². The fourth-order valence-corrected chi connectivity index (χ4v) is 3.43. The van der Waals surface area contributed by atoms with Crippen LogP contribution in [0.3, 0.4) is 0 Å². The van der Waals surface area contributed by atoms with E-state index in [2.05, 4.69) is 5.32 Å². The number of carbonyl (C=O) groups excluding carboxylic acids is 2. The molecular formula is C20H31N3O3. The summed E-state index contributed by atoms with van der Waals surface area (Å²) in [5, 5.41) is 3.02. The van der Waals surface area contributed by atoms with Crippen molar-refractivity contribution in [1.82, 2.24) is 15.1 Å². The number of nitrogens with zero attached hydrogens (tertiary/aromatic N) is 2. The van der Waals surface area contributed by atoms with Crippen molar-refractivity contribution in [2.24, 2.45) is 5.92 Å². The number of benzene rings is 1. The van der Waals surface area contributed by atoms with E-state index in [0.29, 0.717) is 26.2 Å². The summed E-state index contributed by atoms with van der Waals surface area (Å²) in [5.74, 6) is 0.758. The second-order valence-corrected chi connectivity index (χ2v) is 6.59. The second-order valence-electron chi connectivity index (χ2n) is 6.59. The van der Waals surface area contributed by atoms with Crippen LogP contribution in [0.15, 0.2) is 24.3 Å². The Morgan fingerprint density at radius 2 is 2.00 bits per heavy atom. The first-order chi connectivity index (χ1) is 12.6. The summed E-state index contributed by atoms with van der Waals surface area (Å²) in [4.78, 5) is 28.7. The molecule has 1 aromatic rings. The molecule has 0 aromatic heterocycles. The molecule has 1 heterocycles. The quantitative estimate of drug-likeness (QED) is 0.812. The molecule has 0 radical (unpaired) electrons. The van der Waals surface area contributed by atoms with Crippen LogP contribution in [0, 0.1) is 5.92 Å². The standard InChI is InChI=1S/C20H31N3O3/c1-4-22(5-2)20(25)23-14-8-10-17(15-23)19(24)21-13-12-16-9-6-7-11-18(16)26-3/h6-7,9,11,17H,4-5,8,10,12-15H2,1-3H3,(H,21,24). The van der Waals surface area contributed by atoms with Crippen LogP contribution in [0.25, 0.3) is 0 Å². The normalized spacial score (nSPS) is 16.9. The van der Waals surface area contributed by atoms with Crippen LogP contribution in [0.4, 0.5) is 4.79 Å². The van der Waals surface area contributed by atoms with E-state index in [0.717, 1.165) is 37.1 Å². The molecule has 6 heteroatoms. The van der Waals surface area contributed by atoms with Gasteiger partial charge in [-0.15, -0.1) is 0 Å². The zero-order valence-electron chi connectivity index (χ0n) is 16.2. The van der Waals surface area contributed by atoms with Gasteiger partial charge in [0.15, 0.2) is 0 Å². The molecule has 0 aliphatic carbocycles. The van der Waals surface area contributed by atoms with Gasteiger partial charge in [0.2, 0.25) is 5.91 Å². The van der Waals surface area contributed by atoms with Gasteiger partial charge >= 0.3 is 6.03 Å². The number of likely N-dealkylation sites (tertiary alicyclic amines) is 1. The fraction of sp³-hybridized carbons (Fsp3) is 0.600. The van der Waals surface area contributed by atoms with Gasteiger partial charge in [0.25, 0.3) is 0 Å². The highest BCUT2D eigenvalue weighted by Gasteiger charge is 2.29. The molecule has 1 aliphatic rings. The Morgan fingerprint density at radius 1 is 1.27 bits per heavy atom. The molecule has 3 amide bonds. The number of nitrogens with one attached hydrogen (secondary N) is 1. The fourth-order valence-electron chi connectivity index (χ4n) is 3.43. The van der Waals surface area contributed by atoms with Crippen molar-refractivity contribution in [1.29, 1.82) is 0 Å². The molecule has 0 bridgehead atoms. The molecule has 1 aliphatic heterocycles. The third-order valence-corrected chi connectivity index (χ3v) is 4.98. The van der Waals surface area contributed by atoms with Crippen molar-refractivity contribution in [2.75, 3.05) is 39.8 Å². The summed E-state index contributed by atoms with van der Waals surface area (Å²) in [6.45, 7) is 7.17. The molecule has 26 heavy (non-hydrogen) atoms. The van der Waals surface area contributed by atoms with E-state index in [9.17, 15) is 9.59 Å². The van der Waals surface area contributed by atoms with E-state index < -0.39 is 0 Å². The van der Waals surface area contributed by atoms with Gasteiger partial charge in [-0.25, -0.2) is 4.79 Å². The number of rotatable bonds is 7. The van der Waals surface area contributed by atoms with Gasteiger partial charge in [-0.3, -0.25) is 4.79 Å². The first-order valence-electron chi connectivity index (χ1n) is 9.54. The number of piperidine rings is 1. The van der Waals surface area contributed by atoms with Gasteiger partial charge in [-0.2, -0.15) is 0 Å². The van der Waals surface area contributed by atoms with Crippen molar-refractivity contribution in [3.63, 3.8) is 0 Å². The largest absolute Gasteiger partial charge is 0.496 e. The minimum absolute atomic E-state index is 0.0388. The number of para-hydroxylation sites is 1. The Balaban J connectivity index is 1.84. The number of amides is 3. The molecular weight excluding hydrogens is 330 g/mol. The Morgan fingerprint density at radius 3 is 2.69 bits per heavy atom. The van der Waals surface area contributed by atoms with Crippen LogP contribution in [0.2, 0.25) is 0 Å². The molecule has 1 saturated heterocycles. The molecule has 144 valence electrons. The predicted octanol–water partition coefficient (Wildman–Crippen LogP) is 2.53. The number of hydrogen-bond donors (Lipinski definition) is 1. The maximum absolute atomic E-state index is 12.5. The molecule has 1 unspecified atom stereocenters. The van der Waals surface area contributed by atoms with Crippen LogP contribution in [-0.4, -0.2) is 61.6 Å². The highest BCUT2D eigenvalue weighted by Crippen LogP contribution is 2.19. The molecule has 1 N–H and O–H groups in total. The summed E-state index contributed by atoms with van der Waals surface area (Å²) in [7, 11) is 1.65. The van der Waals surface area contributed by atoms with Crippen LogP contribution in [-0.2, 0) is 11.2 Å². The molecule has 1 atom stereocenters. The topological polar surface area (TPSA) is 61.9 Å². The summed E-state index contributed by atoms with van der Waals surface area (Å²) in [5.41, 5.74) is 1.08. The van der Waals surface area contributed by atoms with E-state index in [1.165, 1.54) is 0 Å². The third-order valence-electron chi connectivity index (χ3n) is 4.98. The van der Waals surface area contributed by atoms with E-state index >= 15 is 0 Å². The highest BCUT2D eigenvalue weighted by atomic mass is 16.5. The van der Waals surface area contributed by atoms with Crippen LogP contribution in [0.1, 0.15) is 32.3 Å². The van der Waals surface area contributed by atoms with E-state index in [-0.39, 0.29) is 17.9 Å². The molecule has 0 spiro atoms. The Bertz CT molecular complexity index is 602. The number of ether oxygens (including phenoxy) is 1. The number of hydrogen-bond acceptors (Lipinski definition) is 3. The summed E-state index contributed by atoms with van der Waals surface area (Å²) >= 11 is 0. The van der Waals surface area contributed by atoms with Gasteiger partial charge in [-0.1, -0.05) is 18.2 Å². The smallest absolute Gasteiger partial charge is 0.320 e. The first kappa shape index (κ1) is 20.1. The number of carbonyl (C=O) groups is 2. The predicted molar refractivity (Wildman–Crippen MR) is 102 cm³/mol. The lowest BCUT2D eigenvalue weighted by Crippen LogP contribution is -2.50. The lowest BCUT2D eigenvalue weighted by molar-refractivity contribution is -0.126. The third kappa shape index (κ3) is 5.13. The Kier molecular flexibility index (Phi) is 7.75. The zero-order valence-corrected chi connectivity index (χ0v) is 16.2. The molecule has 1 fully saturated rings. The van der Waals surface area contributed by atoms with Crippen LogP contribution in [0.5, 0.6) is 5.75 Å². The summed E-state index contributed by atoms with van der Waals surface area (Å²) < 4.78 is 5.34. The van der Waals surface area contributed by atoms with Crippen LogP contribution < -0.4 is 10.1 Å². The summed E-state index contributed by atoms with van der Waals surface area (Å²) in [6, 6.07) is 7.88. The number of methoxy groups -OCH3 is 1. The minimum atomic E-state index is -0.124. The van der Waals surface area contributed by atoms with Gasteiger partial charge in [0.05, 0.1) is 13.0 Å². The van der Waals surface area contributed by atoms with Crippen molar-refractivity contribution < 1.29 is 14.3 Å². The highest BCUT2D eigenvalue weighted by molar-refractivity contribution is 5.80.